The minimum absolute atomic E-state index is 0.0755. The summed E-state index contributed by atoms with van der Waals surface area (Å²) in [4.78, 5) is 87.1. The first kappa shape index (κ1) is 56.9. The number of Topliss-reactive ketones (excluding diaryl/α,β-unsaturated/α-hetero) is 1. The van der Waals surface area contributed by atoms with Gasteiger partial charge in [0, 0.05) is 18.6 Å². The maximum absolute atomic E-state index is 13.1. The molecule has 0 amide bonds. The van der Waals surface area contributed by atoms with Gasteiger partial charge in [0.1, 0.15) is 24.4 Å². The van der Waals surface area contributed by atoms with Crippen LogP contribution in [0.3, 0.4) is 0 Å². The summed E-state index contributed by atoms with van der Waals surface area (Å²) in [5, 5.41) is 23.0. The van der Waals surface area contributed by atoms with E-state index in [4.69, 9.17) is 32.8 Å². The molecule has 20 nitrogen and oxygen atoms in total. The average molecular weight is 921 g/mol. The van der Waals surface area contributed by atoms with Crippen LogP contribution < -0.4 is 0 Å². The molecule has 2 N–H and O–H groups in total. The Balaban J connectivity index is 0.000000646. The summed E-state index contributed by atoms with van der Waals surface area (Å²) in [7, 11) is 3.84. The van der Waals surface area contributed by atoms with Gasteiger partial charge < -0.3 is 62.0 Å². The van der Waals surface area contributed by atoms with Crippen LogP contribution in [0.1, 0.15) is 88.0 Å². The van der Waals surface area contributed by atoms with E-state index in [0.717, 1.165) is 42.7 Å². The predicted octanol–water partition coefficient (Wildman–Crippen LogP) is 2.93. The highest BCUT2D eigenvalue weighted by Crippen LogP contribution is 2.45. The summed E-state index contributed by atoms with van der Waals surface area (Å²) >= 11 is 0. The standard InChI is InChI=1S/C24H42O10Si.C18H26O10/c1-12-13-16(34-35(10,11)22(2,3)4)18-19(33-23(5,6)32-18)24(28,21(27)31-9)15(20(26)30-8)14-17(25)29-7;1-7-8-11(19)13-14(28-17(2,3)27-13)18(23,16(22)26-6)10(15(21)25-5)9-12(20)24-4/h14,16,18-19,28H,12-13H2,1-11H3;9,13-14,23H,7-8H2,1-6H3/b15-14+;10-9+/t16-,18-,19+,24-;13-,14+,18-/m00/s1. The fourth-order valence-electron chi connectivity index (χ4n) is 6.50. The minimum atomic E-state index is -2.88. The lowest BCUT2D eigenvalue weighted by Gasteiger charge is -2.42. The number of carbonyl (C=O) groups excluding carboxylic acids is 7. The van der Waals surface area contributed by atoms with Crippen LogP contribution in [0.2, 0.25) is 18.1 Å². The summed E-state index contributed by atoms with van der Waals surface area (Å²) in [6, 6.07) is 0. The average Bonchev–Trinajstić information content (AvgIpc) is 3.74. The molecule has 63 heavy (non-hydrogen) atoms. The van der Waals surface area contributed by atoms with Gasteiger partial charge in [0.05, 0.1) is 59.9 Å². The summed E-state index contributed by atoms with van der Waals surface area (Å²) in [6.45, 7) is 20.4. The van der Waals surface area contributed by atoms with Gasteiger partial charge in [-0.3, -0.25) is 4.79 Å². The molecule has 21 heteroatoms. The zero-order chi connectivity index (χ0) is 49.1. The van der Waals surface area contributed by atoms with Gasteiger partial charge in [-0.1, -0.05) is 41.0 Å². The molecule has 0 radical (unpaired) electrons. The van der Waals surface area contributed by atoms with Crippen LogP contribution in [0.25, 0.3) is 0 Å². The van der Waals surface area contributed by atoms with Crippen molar-refractivity contribution in [2.24, 2.45) is 0 Å². The lowest BCUT2D eigenvalue weighted by atomic mass is 9.82. The van der Waals surface area contributed by atoms with Crippen LogP contribution in [0.4, 0.5) is 0 Å². The monoisotopic (exact) mass is 920 g/mol. The first-order valence-corrected chi connectivity index (χ1v) is 23.1. The molecular formula is C42H68O20Si. The van der Waals surface area contributed by atoms with E-state index in [1.165, 1.54) is 13.8 Å². The van der Waals surface area contributed by atoms with Gasteiger partial charge in [0.25, 0.3) is 0 Å². The summed E-state index contributed by atoms with van der Waals surface area (Å²) in [5.74, 6) is -10.0. The van der Waals surface area contributed by atoms with E-state index in [0.29, 0.717) is 31.4 Å². The quantitative estimate of drug-likeness (QED) is 0.0866. The zero-order valence-corrected chi connectivity index (χ0v) is 40.6. The first-order chi connectivity index (χ1) is 28.9. The van der Waals surface area contributed by atoms with E-state index in [9.17, 15) is 43.8 Å². The topological polar surface area (TPSA) is 261 Å². The maximum Gasteiger partial charge on any atom is 0.345 e. The third-order valence-electron chi connectivity index (χ3n) is 10.6. The van der Waals surface area contributed by atoms with Crippen molar-refractivity contribution in [3.8, 4) is 0 Å². The van der Waals surface area contributed by atoms with Crippen LogP contribution in [-0.4, -0.2) is 156 Å². The fraction of sp³-hybridized carbons (Fsp3) is 0.738. The van der Waals surface area contributed by atoms with E-state index in [1.54, 1.807) is 20.8 Å². The Bertz CT molecular complexity index is 1730. The molecule has 360 valence electrons. The van der Waals surface area contributed by atoms with Gasteiger partial charge in [-0.25, -0.2) is 28.8 Å². The van der Waals surface area contributed by atoms with Crippen LogP contribution in [0.5, 0.6) is 0 Å². The number of ether oxygens (including phenoxy) is 10. The smallest absolute Gasteiger partial charge is 0.345 e. The second-order valence-corrected chi connectivity index (χ2v) is 21.8. The van der Waals surface area contributed by atoms with Crippen LogP contribution in [0, 0.1) is 0 Å². The van der Waals surface area contributed by atoms with Crippen molar-refractivity contribution in [3.05, 3.63) is 23.3 Å². The Morgan fingerprint density at radius 1 is 0.635 bits per heavy atom. The summed E-state index contributed by atoms with van der Waals surface area (Å²) in [5.41, 5.74) is -7.15. The number of rotatable bonds is 18. The molecule has 7 atom stereocenters. The highest BCUT2D eigenvalue weighted by molar-refractivity contribution is 6.74. The van der Waals surface area contributed by atoms with Crippen LogP contribution in [-0.2, 0) is 85.4 Å². The van der Waals surface area contributed by atoms with Crippen molar-refractivity contribution in [1.82, 2.24) is 0 Å². The number of hydrogen-bond donors (Lipinski definition) is 2. The summed E-state index contributed by atoms with van der Waals surface area (Å²) < 4.78 is 58.0. The third-order valence-corrected chi connectivity index (χ3v) is 15.1. The second-order valence-electron chi connectivity index (χ2n) is 17.1. The normalized spacial score (nSPS) is 23.3. The Kier molecular flexibility index (Phi) is 20.5. The second kappa shape index (κ2) is 22.7. The Hall–Kier alpha value is -4.09. The number of esters is 6. The minimum Gasteiger partial charge on any atom is -0.467 e. The Labute approximate surface area is 370 Å². The van der Waals surface area contributed by atoms with Crippen molar-refractivity contribution in [2.45, 2.75) is 159 Å². The summed E-state index contributed by atoms with van der Waals surface area (Å²) in [6.07, 6.45) is -3.07. The van der Waals surface area contributed by atoms with Gasteiger partial charge in [0.15, 0.2) is 25.7 Å². The molecule has 2 aliphatic heterocycles. The maximum atomic E-state index is 13.1. The Morgan fingerprint density at radius 3 is 1.41 bits per heavy atom. The highest BCUT2D eigenvalue weighted by atomic mass is 28.4. The molecule has 2 fully saturated rings. The van der Waals surface area contributed by atoms with E-state index in [2.05, 4.69) is 52.8 Å². The Morgan fingerprint density at radius 2 is 1.05 bits per heavy atom. The molecule has 0 bridgehead atoms. The fourth-order valence-corrected chi connectivity index (χ4v) is 7.86. The highest BCUT2D eigenvalue weighted by Gasteiger charge is 2.64. The molecule has 2 aliphatic rings. The van der Waals surface area contributed by atoms with Gasteiger partial charge in [-0.15, -0.1) is 0 Å². The van der Waals surface area contributed by atoms with E-state index >= 15 is 0 Å². The van der Waals surface area contributed by atoms with Crippen molar-refractivity contribution in [2.75, 3.05) is 42.7 Å². The molecule has 0 spiro atoms. The molecule has 0 aromatic rings. The van der Waals surface area contributed by atoms with Gasteiger partial charge in [-0.05, 0) is 58.7 Å². The largest absolute Gasteiger partial charge is 0.467 e. The number of aliphatic hydroxyl groups is 2. The number of carbonyl (C=O) groups is 7. The zero-order valence-electron chi connectivity index (χ0n) is 39.6. The molecule has 2 saturated heterocycles. The number of ketones is 1. The van der Waals surface area contributed by atoms with Gasteiger partial charge in [-0.2, -0.15) is 0 Å². The molecule has 0 aromatic heterocycles. The SMILES string of the molecule is CCCC(=O)[C@@H]1OC(C)(C)O[C@H]1[C@](O)(C(=O)OC)/C(=C/C(=O)OC)C(=O)OC.CCC[C@H](O[Si](C)(C)C(C)(C)C)[C@@H]1OC(C)(C)O[C@H]1[C@](O)(C(=O)OC)/C(=C/C(=O)OC)C(=O)OC. The van der Waals surface area contributed by atoms with Crippen molar-refractivity contribution < 1.29 is 95.6 Å². The van der Waals surface area contributed by atoms with E-state index < -0.39 is 114 Å². The van der Waals surface area contributed by atoms with Crippen molar-refractivity contribution in [3.63, 3.8) is 0 Å². The van der Waals surface area contributed by atoms with E-state index in [-0.39, 0.29) is 11.5 Å². The van der Waals surface area contributed by atoms with E-state index in [1.807, 2.05) is 6.92 Å². The lowest BCUT2D eigenvalue weighted by Crippen LogP contribution is -2.60. The lowest BCUT2D eigenvalue weighted by molar-refractivity contribution is -0.188. The van der Waals surface area contributed by atoms with Crippen molar-refractivity contribution >= 4 is 49.9 Å². The molecular weight excluding hydrogens is 853 g/mol. The molecule has 0 aliphatic carbocycles. The molecule has 0 unspecified atom stereocenters. The van der Waals surface area contributed by atoms with Crippen LogP contribution >= 0.6 is 0 Å². The van der Waals surface area contributed by atoms with Crippen LogP contribution in [0.15, 0.2) is 23.3 Å². The van der Waals surface area contributed by atoms with Gasteiger partial charge in [0.2, 0.25) is 11.2 Å². The first-order valence-electron chi connectivity index (χ1n) is 20.2. The third kappa shape index (κ3) is 13.5. The molecule has 2 heterocycles. The molecule has 2 rings (SSSR count). The number of methoxy groups -OCH3 is 6. The van der Waals surface area contributed by atoms with Crippen molar-refractivity contribution in [1.29, 1.82) is 0 Å². The predicted molar refractivity (Wildman–Crippen MR) is 223 cm³/mol. The van der Waals surface area contributed by atoms with Gasteiger partial charge >= 0.3 is 35.8 Å². The molecule has 0 aromatic carbocycles. The molecule has 0 saturated carbocycles. The number of hydrogen-bond acceptors (Lipinski definition) is 20.